The molecule has 3 aromatic carbocycles. The number of rotatable bonds is 9. The average molecular weight is 444 g/mol. The Morgan fingerprint density at radius 1 is 0.909 bits per heavy atom. The fourth-order valence-electron chi connectivity index (χ4n) is 4.41. The van der Waals surface area contributed by atoms with Crippen LogP contribution in [0.5, 0.6) is 0 Å². The summed E-state index contributed by atoms with van der Waals surface area (Å²) in [4.78, 5) is 17.4. The fourth-order valence-corrected chi connectivity index (χ4v) is 4.41. The lowest BCUT2D eigenvalue weighted by Crippen LogP contribution is -2.49. The predicted octanol–water partition coefficient (Wildman–Crippen LogP) is 3.90. The molecule has 5 nitrogen and oxygen atoms in total. The van der Waals surface area contributed by atoms with Gasteiger partial charge in [-0.2, -0.15) is 0 Å². The van der Waals surface area contributed by atoms with Gasteiger partial charge in [0.25, 0.3) is 0 Å². The summed E-state index contributed by atoms with van der Waals surface area (Å²) in [6.45, 7) is 4.48. The Morgan fingerprint density at radius 2 is 1.48 bits per heavy atom. The van der Waals surface area contributed by atoms with Gasteiger partial charge in [0.1, 0.15) is 12.7 Å². The van der Waals surface area contributed by atoms with Crippen molar-refractivity contribution in [2.75, 3.05) is 46.4 Å². The number of piperazine rings is 1. The van der Waals surface area contributed by atoms with Crippen LogP contribution in [0.25, 0.3) is 0 Å². The molecule has 0 bridgehead atoms. The van der Waals surface area contributed by atoms with E-state index in [4.69, 9.17) is 4.74 Å². The largest absolute Gasteiger partial charge is 0.359 e. The summed E-state index contributed by atoms with van der Waals surface area (Å²) in [5.74, 6) is -0.0859. The van der Waals surface area contributed by atoms with Gasteiger partial charge in [-0.05, 0) is 23.7 Å². The standard InChI is InChI=1S/C28H33N3O2/c1-30-19-20-31(26(21-30)23-11-5-2-6-12-23)18-17-29-27(32)22-33-28(24-13-7-3-8-14-24)25-15-9-4-10-16-25/h2-16,26,28H,17-22H2,1H3,(H,29,32). The molecule has 1 heterocycles. The predicted molar refractivity (Wildman–Crippen MR) is 132 cm³/mol. The molecule has 172 valence electrons. The van der Waals surface area contributed by atoms with E-state index < -0.39 is 0 Å². The first-order chi connectivity index (χ1) is 16.2. The normalized spacial score (nSPS) is 17.2. The Balaban J connectivity index is 1.30. The highest BCUT2D eigenvalue weighted by Crippen LogP contribution is 2.26. The van der Waals surface area contributed by atoms with Crippen molar-refractivity contribution >= 4 is 5.91 Å². The van der Waals surface area contributed by atoms with E-state index in [0.717, 1.165) is 37.3 Å². The molecule has 0 aromatic heterocycles. The first-order valence-corrected chi connectivity index (χ1v) is 11.7. The maximum atomic E-state index is 12.6. The lowest BCUT2D eigenvalue weighted by atomic mass is 10.0. The van der Waals surface area contributed by atoms with Crippen LogP contribution in [0.3, 0.4) is 0 Å². The molecule has 1 fully saturated rings. The molecule has 4 rings (SSSR count). The van der Waals surface area contributed by atoms with Crippen molar-refractivity contribution in [3.8, 4) is 0 Å². The molecule has 1 saturated heterocycles. The second-order valence-electron chi connectivity index (χ2n) is 8.59. The number of carbonyl (C=O) groups excluding carboxylic acids is 1. The van der Waals surface area contributed by atoms with Crippen LogP contribution in [0.4, 0.5) is 0 Å². The molecule has 1 unspecified atom stereocenters. The molecule has 5 heteroatoms. The second-order valence-corrected chi connectivity index (χ2v) is 8.59. The first-order valence-electron chi connectivity index (χ1n) is 11.7. The Kier molecular flexibility index (Phi) is 8.25. The molecule has 0 spiro atoms. The third kappa shape index (κ3) is 6.51. The SMILES string of the molecule is CN1CCN(CCNC(=O)COC(c2ccccc2)c2ccccc2)C(c2ccccc2)C1. The van der Waals surface area contributed by atoms with Crippen LogP contribution in [-0.2, 0) is 9.53 Å². The molecule has 0 aliphatic carbocycles. The molecule has 3 aromatic rings. The number of carbonyl (C=O) groups is 1. The number of hydrogen-bond acceptors (Lipinski definition) is 4. The summed E-state index contributed by atoms with van der Waals surface area (Å²) >= 11 is 0. The lowest BCUT2D eigenvalue weighted by molar-refractivity contribution is -0.127. The van der Waals surface area contributed by atoms with Gasteiger partial charge in [-0.15, -0.1) is 0 Å². The Morgan fingerprint density at radius 3 is 2.09 bits per heavy atom. The van der Waals surface area contributed by atoms with E-state index in [1.54, 1.807) is 0 Å². The van der Waals surface area contributed by atoms with Crippen molar-refractivity contribution in [2.24, 2.45) is 0 Å². The van der Waals surface area contributed by atoms with E-state index >= 15 is 0 Å². The molecular formula is C28H33N3O2. The van der Waals surface area contributed by atoms with Crippen molar-refractivity contribution in [1.82, 2.24) is 15.1 Å². The topological polar surface area (TPSA) is 44.8 Å². The second kappa shape index (κ2) is 11.8. The van der Waals surface area contributed by atoms with Crippen LogP contribution in [0.15, 0.2) is 91.0 Å². The first kappa shape index (κ1) is 23.2. The van der Waals surface area contributed by atoms with Gasteiger partial charge in [0, 0.05) is 38.8 Å². The number of ether oxygens (including phenoxy) is 1. The zero-order chi connectivity index (χ0) is 22.9. The Hall–Kier alpha value is -2.99. The number of benzene rings is 3. The Labute approximate surface area is 197 Å². The molecule has 1 amide bonds. The van der Waals surface area contributed by atoms with Gasteiger partial charge in [0.05, 0.1) is 0 Å². The summed E-state index contributed by atoms with van der Waals surface area (Å²) < 4.78 is 6.09. The fraction of sp³-hybridized carbons (Fsp3) is 0.321. The zero-order valence-corrected chi connectivity index (χ0v) is 19.3. The molecular weight excluding hydrogens is 410 g/mol. The number of hydrogen-bond donors (Lipinski definition) is 1. The molecule has 1 aliphatic rings. The number of nitrogens with zero attached hydrogens (tertiary/aromatic N) is 2. The third-order valence-electron chi connectivity index (χ3n) is 6.19. The van der Waals surface area contributed by atoms with Gasteiger partial charge in [0.15, 0.2) is 0 Å². The van der Waals surface area contributed by atoms with E-state index in [9.17, 15) is 4.79 Å². The molecule has 1 aliphatic heterocycles. The maximum absolute atomic E-state index is 12.6. The summed E-state index contributed by atoms with van der Waals surface area (Å²) in [7, 11) is 2.17. The van der Waals surface area contributed by atoms with Gasteiger partial charge in [-0.25, -0.2) is 0 Å². The van der Waals surface area contributed by atoms with Gasteiger partial charge >= 0.3 is 0 Å². The van der Waals surface area contributed by atoms with Crippen molar-refractivity contribution < 1.29 is 9.53 Å². The van der Waals surface area contributed by atoms with Crippen LogP contribution in [-0.4, -0.2) is 62.1 Å². The number of likely N-dealkylation sites (N-methyl/N-ethyl adjacent to an activating group) is 1. The zero-order valence-electron chi connectivity index (χ0n) is 19.3. The lowest BCUT2D eigenvalue weighted by Gasteiger charge is -2.40. The van der Waals surface area contributed by atoms with E-state index in [0.29, 0.717) is 12.6 Å². The quantitative estimate of drug-likeness (QED) is 0.545. The molecule has 1 N–H and O–H groups in total. The summed E-state index contributed by atoms with van der Waals surface area (Å²) in [5.41, 5.74) is 3.41. The highest BCUT2D eigenvalue weighted by atomic mass is 16.5. The van der Waals surface area contributed by atoms with Gasteiger partial charge < -0.3 is 15.0 Å². The summed E-state index contributed by atoms with van der Waals surface area (Å²) in [6.07, 6.45) is -0.266. The van der Waals surface area contributed by atoms with E-state index in [1.165, 1.54) is 5.56 Å². The third-order valence-corrected chi connectivity index (χ3v) is 6.19. The van der Waals surface area contributed by atoms with Crippen molar-refractivity contribution in [3.63, 3.8) is 0 Å². The van der Waals surface area contributed by atoms with Crippen LogP contribution in [0.1, 0.15) is 28.8 Å². The Bertz CT molecular complexity index is 942. The molecule has 0 saturated carbocycles. The van der Waals surface area contributed by atoms with Crippen LogP contribution in [0, 0.1) is 0 Å². The van der Waals surface area contributed by atoms with Crippen molar-refractivity contribution in [1.29, 1.82) is 0 Å². The molecule has 0 radical (unpaired) electrons. The monoisotopic (exact) mass is 443 g/mol. The highest BCUT2D eigenvalue weighted by Gasteiger charge is 2.26. The molecule has 33 heavy (non-hydrogen) atoms. The van der Waals surface area contributed by atoms with Crippen molar-refractivity contribution in [3.05, 3.63) is 108 Å². The van der Waals surface area contributed by atoms with Gasteiger partial charge in [-0.3, -0.25) is 9.69 Å². The van der Waals surface area contributed by atoms with Gasteiger partial charge in [0.2, 0.25) is 5.91 Å². The van der Waals surface area contributed by atoms with Crippen molar-refractivity contribution in [2.45, 2.75) is 12.1 Å². The minimum absolute atomic E-state index is 0.0271. The van der Waals surface area contributed by atoms with E-state index in [-0.39, 0.29) is 18.6 Å². The van der Waals surface area contributed by atoms with E-state index in [2.05, 4.69) is 52.5 Å². The van der Waals surface area contributed by atoms with Gasteiger partial charge in [-0.1, -0.05) is 91.0 Å². The van der Waals surface area contributed by atoms with Crippen LogP contribution in [0.2, 0.25) is 0 Å². The molecule has 1 atom stereocenters. The smallest absolute Gasteiger partial charge is 0.246 e. The summed E-state index contributed by atoms with van der Waals surface area (Å²) in [5, 5.41) is 3.05. The van der Waals surface area contributed by atoms with E-state index in [1.807, 2.05) is 60.7 Å². The van der Waals surface area contributed by atoms with Crippen LogP contribution >= 0.6 is 0 Å². The number of amides is 1. The average Bonchev–Trinajstić information content (AvgIpc) is 2.87. The maximum Gasteiger partial charge on any atom is 0.246 e. The minimum atomic E-state index is -0.266. The number of nitrogens with one attached hydrogen (secondary N) is 1. The highest BCUT2D eigenvalue weighted by molar-refractivity contribution is 5.77. The summed E-state index contributed by atoms with van der Waals surface area (Å²) in [6, 6.07) is 31.1. The minimum Gasteiger partial charge on any atom is -0.359 e. The van der Waals surface area contributed by atoms with Crippen LogP contribution < -0.4 is 5.32 Å².